The van der Waals surface area contributed by atoms with Gasteiger partial charge in [-0.15, -0.1) is 6.58 Å². The number of sulfonamides is 1. The molecule has 0 fully saturated rings. The van der Waals surface area contributed by atoms with Crippen LogP contribution in [0.2, 0.25) is 5.02 Å². The van der Waals surface area contributed by atoms with Gasteiger partial charge in [0.05, 0.1) is 11.3 Å². The van der Waals surface area contributed by atoms with Gasteiger partial charge in [0.1, 0.15) is 0 Å². The van der Waals surface area contributed by atoms with Crippen LogP contribution in [0.4, 0.5) is 0 Å². The predicted molar refractivity (Wildman–Crippen MR) is 90.0 cm³/mol. The van der Waals surface area contributed by atoms with Crippen LogP contribution in [0.3, 0.4) is 0 Å². The molecule has 0 aliphatic carbocycles. The van der Waals surface area contributed by atoms with Crippen molar-refractivity contribution in [2.24, 2.45) is 0 Å². The molecule has 24 heavy (non-hydrogen) atoms. The molecule has 0 heterocycles. The third-order valence-corrected chi connectivity index (χ3v) is 4.52. The number of carbonyl (C=O) groups is 2. The molecule has 0 bridgehead atoms. The first-order valence-electron chi connectivity index (χ1n) is 7.09. The van der Waals surface area contributed by atoms with E-state index >= 15 is 0 Å². The summed E-state index contributed by atoms with van der Waals surface area (Å²) in [5.74, 6) is -1.15. The number of rotatable bonds is 9. The second kappa shape index (κ2) is 9.41. The van der Waals surface area contributed by atoms with Gasteiger partial charge in [-0.05, 0) is 25.1 Å². The van der Waals surface area contributed by atoms with E-state index in [9.17, 15) is 18.0 Å². The summed E-state index contributed by atoms with van der Waals surface area (Å²) in [5, 5.41) is 2.77. The van der Waals surface area contributed by atoms with Crippen LogP contribution in [-0.4, -0.2) is 39.5 Å². The number of ether oxygens (including phenoxy) is 1. The highest BCUT2D eigenvalue weighted by molar-refractivity contribution is 7.89. The van der Waals surface area contributed by atoms with Gasteiger partial charge in [-0.3, -0.25) is 9.59 Å². The number of hydrogen-bond donors (Lipinski definition) is 2. The van der Waals surface area contributed by atoms with Gasteiger partial charge in [0.25, 0.3) is 5.91 Å². The molecule has 132 valence electrons. The Morgan fingerprint density at radius 1 is 1.42 bits per heavy atom. The van der Waals surface area contributed by atoms with Crippen LogP contribution in [0.25, 0.3) is 0 Å². The first-order valence-corrected chi connectivity index (χ1v) is 8.95. The molecule has 7 nitrogen and oxygen atoms in total. The average molecular weight is 375 g/mol. The molecule has 1 unspecified atom stereocenters. The van der Waals surface area contributed by atoms with Gasteiger partial charge in [0, 0.05) is 18.1 Å². The number of nitrogens with one attached hydrogen (secondary N) is 2. The molecule has 1 amide bonds. The van der Waals surface area contributed by atoms with Crippen molar-refractivity contribution < 1.29 is 22.7 Å². The number of esters is 1. The summed E-state index contributed by atoms with van der Waals surface area (Å²) in [6.07, 6.45) is 0.317. The summed E-state index contributed by atoms with van der Waals surface area (Å²) < 4.78 is 31.2. The second-order valence-electron chi connectivity index (χ2n) is 4.77. The SMILES string of the molecule is C=CCNC(=O)C(C)OC(=O)CCNS(=O)(=O)c1cccc(Cl)c1. The van der Waals surface area contributed by atoms with Crippen LogP contribution < -0.4 is 10.0 Å². The van der Waals surface area contributed by atoms with Crippen molar-refractivity contribution in [1.82, 2.24) is 10.0 Å². The standard InChI is InChI=1S/C15H19ClN2O5S/c1-3-8-17-15(20)11(2)23-14(19)7-9-18-24(21,22)13-6-4-5-12(16)10-13/h3-6,10-11,18H,1,7-9H2,2H3,(H,17,20). The minimum absolute atomic E-state index is 0.000498. The maximum atomic E-state index is 12.0. The summed E-state index contributed by atoms with van der Waals surface area (Å²) in [6, 6.07) is 5.75. The Balaban J connectivity index is 2.45. The van der Waals surface area contributed by atoms with Gasteiger partial charge in [-0.2, -0.15) is 0 Å². The first-order chi connectivity index (χ1) is 11.3. The van der Waals surface area contributed by atoms with Crippen molar-refractivity contribution in [3.05, 3.63) is 41.9 Å². The van der Waals surface area contributed by atoms with Crippen LogP contribution in [0.1, 0.15) is 13.3 Å². The molecule has 0 aromatic heterocycles. The zero-order valence-electron chi connectivity index (χ0n) is 13.1. The molecule has 0 saturated heterocycles. The molecule has 1 rings (SSSR count). The molecule has 0 spiro atoms. The van der Waals surface area contributed by atoms with E-state index in [1.807, 2.05) is 0 Å². The van der Waals surface area contributed by atoms with Crippen LogP contribution in [0.5, 0.6) is 0 Å². The summed E-state index contributed by atoms with van der Waals surface area (Å²) in [7, 11) is -3.77. The van der Waals surface area contributed by atoms with E-state index in [1.54, 1.807) is 6.07 Å². The smallest absolute Gasteiger partial charge is 0.307 e. The molecule has 0 saturated carbocycles. The summed E-state index contributed by atoms with van der Waals surface area (Å²) in [5.41, 5.74) is 0. The van der Waals surface area contributed by atoms with Crippen molar-refractivity contribution in [3.8, 4) is 0 Å². The summed E-state index contributed by atoms with van der Waals surface area (Å²) in [6.45, 7) is 4.98. The van der Waals surface area contributed by atoms with Gasteiger partial charge >= 0.3 is 5.97 Å². The zero-order chi connectivity index (χ0) is 18.2. The second-order valence-corrected chi connectivity index (χ2v) is 6.97. The molecule has 0 aliphatic rings. The Kier molecular flexibility index (Phi) is 7.90. The molecule has 0 radical (unpaired) electrons. The lowest BCUT2D eigenvalue weighted by Crippen LogP contribution is -2.36. The number of halogens is 1. The van der Waals surface area contributed by atoms with Crippen molar-refractivity contribution in [3.63, 3.8) is 0 Å². The largest absolute Gasteiger partial charge is 0.453 e. The maximum absolute atomic E-state index is 12.0. The highest BCUT2D eigenvalue weighted by Crippen LogP contribution is 2.15. The van der Waals surface area contributed by atoms with Gasteiger partial charge in [0.2, 0.25) is 10.0 Å². The van der Waals surface area contributed by atoms with E-state index in [0.29, 0.717) is 0 Å². The van der Waals surface area contributed by atoms with E-state index in [0.717, 1.165) is 0 Å². The van der Waals surface area contributed by atoms with Crippen LogP contribution in [0, 0.1) is 0 Å². The lowest BCUT2D eigenvalue weighted by Gasteiger charge is -2.13. The minimum atomic E-state index is -3.77. The van der Waals surface area contributed by atoms with E-state index in [4.69, 9.17) is 16.3 Å². The fourth-order valence-corrected chi connectivity index (χ4v) is 2.96. The van der Waals surface area contributed by atoms with E-state index in [1.165, 1.54) is 31.2 Å². The van der Waals surface area contributed by atoms with Gasteiger partial charge in [-0.25, -0.2) is 13.1 Å². The molecule has 1 aromatic carbocycles. The van der Waals surface area contributed by atoms with E-state index < -0.39 is 28.0 Å². The Bertz CT molecular complexity index is 706. The lowest BCUT2D eigenvalue weighted by molar-refractivity contribution is -0.154. The van der Waals surface area contributed by atoms with Gasteiger partial charge < -0.3 is 10.1 Å². The van der Waals surface area contributed by atoms with Crippen molar-refractivity contribution in [2.75, 3.05) is 13.1 Å². The van der Waals surface area contributed by atoms with Crippen LogP contribution >= 0.6 is 11.6 Å². The lowest BCUT2D eigenvalue weighted by atomic mass is 10.3. The highest BCUT2D eigenvalue weighted by Gasteiger charge is 2.18. The summed E-state index contributed by atoms with van der Waals surface area (Å²) >= 11 is 5.75. The van der Waals surface area contributed by atoms with Crippen molar-refractivity contribution in [2.45, 2.75) is 24.3 Å². The quantitative estimate of drug-likeness (QED) is 0.500. The Hall–Kier alpha value is -1.90. The first kappa shape index (κ1) is 20.1. The van der Waals surface area contributed by atoms with Crippen LogP contribution in [0.15, 0.2) is 41.8 Å². The molecule has 2 N–H and O–H groups in total. The highest BCUT2D eigenvalue weighted by atomic mass is 35.5. The molecular weight excluding hydrogens is 356 g/mol. The topological polar surface area (TPSA) is 102 Å². The predicted octanol–water partition coefficient (Wildman–Crippen LogP) is 1.24. The van der Waals surface area contributed by atoms with Crippen LogP contribution in [-0.2, 0) is 24.3 Å². The molecule has 0 aliphatic heterocycles. The van der Waals surface area contributed by atoms with Gasteiger partial charge in [0.15, 0.2) is 6.10 Å². The van der Waals surface area contributed by atoms with E-state index in [2.05, 4.69) is 16.6 Å². The Morgan fingerprint density at radius 2 is 2.12 bits per heavy atom. The molecule has 1 aromatic rings. The number of hydrogen-bond acceptors (Lipinski definition) is 5. The Morgan fingerprint density at radius 3 is 2.75 bits per heavy atom. The van der Waals surface area contributed by atoms with Crippen molar-refractivity contribution >= 4 is 33.5 Å². The third kappa shape index (κ3) is 6.69. The molecular formula is C15H19ClN2O5S. The number of benzene rings is 1. The monoisotopic (exact) mass is 374 g/mol. The van der Waals surface area contributed by atoms with Gasteiger partial charge in [-0.1, -0.05) is 23.7 Å². The van der Waals surface area contributed by atoms with Crippen molar-refractivity contribution in [1.29, 1.82) is 0 Å². The normalized spacial score (nSPS) is 12.2. The number of amides is 1. The minimum Gasteiger partial charge on any atom is -0.453 e. The molecule has 9 heteroatoms. The Labute approximate surface area is 146 Å². The fourth-order valence-electron chi connectivity index (χ4n) is 1.63. The third-order valence-electron chi connectivity index (χ3n) is 2.83. The zero-order valence-corrected chi connectivity index (χ0v) is 14.7. The fraction of sp³-hybridized carbons (Fsp3) is 0.333. The average Bonchev–Trinajstić information content (AvgIpc) is 2.52. The molecule has 1 atom stereocenters. The van der Waals surface area contributed by atoms with E-state index in [-0.39, 0.29) is 29.4 Å². The maximum Gasteiger partial charge on any atom is 0.307 e. The number of carbonyl (C=O) groups excluding carboxylic acids is 2. The summed E-state index contributed by atoms with van der Waals surface area (Å²) in [4.78, 5) is 23.2.